The SMILES string of the molecule is Cc1cccc2sc(NC(=O)CCCN3C(=O)c4cccc5cccc(c45)C3=O)nc12. The fourth-order valence-corrected chi connectivity index (χ4v) is 4.96. The number of benzene rings is 3. The van der Waals surface area contributed by atoms with Crippen molar-refractivity contribution in [1.82, 2.24) is 9.88 Å². The smallest absolute Gasteiger partial charge is 0.261 e. The van der Waals surface area contributed by atoms with Crippen LogP contribution in [0, 0.1) is 6.92 Å². The molecule has 0 spiro atoms. The maximum atomic E-state index is 12.9. The van der Waals surface area contributed by atoms with Gasteiger partial charge in [0.05, 0.1) is 10.2 Å². The second-order valence-electron chi connectivity index (χ2n) is 7.56. The van der Waals surface area contributed by atoms with Gasteiger partial charge in [-0.05, 0) is 42.5 Å². The quantitative estimate of drug-likeness (QED) is 0.464. The molecule has 31 heavy (non-hydrogen) atoms. The van der Waals surface area contributed by atoms with Gasteiger partial charge in [0.15, 0.2) is 5.13 Å². The predicted molar refractivity (Wildman–Crippen MR) is 122 cm³/mol. The van der Waals surface area contributed by atoms with Crippen molar-refractivity contribution in [1.29, 1.82) is 0 Å². The Morgan fingerprint density at radius 3 is 2.35 bits per heavy atom. The lowest BCUT2D eigenvalue weighted by Crippen LogP contribution is -2.41. The Kier molecular flexibility index (Phi) is 4.75. The van der Waals surface area contributed by atoms with Crippen molar-refractivity contribution in [3.63, 3.8) is 0 Å². The van der Waals surface area contributed by atoms with Crippen LogP contribution in [0.4, 0.5) is 5.13 Å². The predicted octanol–water partition coefficient (Wildman–Crippen LogP) is 4.77. The van der Waals surface area contributed by atoms with E-state index in [9.17, 15) is 14.4 Å². The molecule has 0 fully saturated rings. The minimum Gasteiger partial charge on any atom is -0.302 e. The Labute approximate surface area is 182 Å². The van der Waals surface area contributed by atoms with Crippen molar-refractivity contribution in [2.24, 2.45) is 0 Å². The van der Waals surface area contributed by atoms with Crippen LogP contribution in [0.1, 0.15) is 39.1 Å². The van der Waals surface area contributed by atoms with E-state index in [0.717, 1.165) is 21.2 Å². The normalized spacial score (nSPS) is 13.3. The molecule has 0 radical (unpaired) electrons. The number of aromatic nitrogens is 1. The zero-order chi connectivity index (χ0) is 21.5. The van der Waals surface area contributed by atoms with Crippen molar-refractivity contribution in [3.05, 3.63) is 71.3 Å². The molecule has 7 heteroatoms. The third-order valence-electron chi connectivity index (χ3n) is 5.51. The second-order valence-corrected chi connectivity index (χ2v) is 8.59. The number of aryl methyl sites for hydroxylation is 1. The minimum atomic E-state index is -0.309. The highest BCUT2D eigenvalue weighted by Gasteiger charge is 2.32. The number of para-hydroxylation sites is 1. The van der Waals surface area contributed by atoms with E-state index in [4.69, 9.17) is 0 Å². The van der Waals surface area contributed by atoms with Crippen molar-refractivity contribution in [2.75, 3.05) is 11.9 Å². The molecule has 0 saturated heterocycles. The summed E-state index contributed by atoms with van der Waals surface area (Å²) in [4.78, 5) is 43.9. The summed E-state index contributed by atoms with van der Waals surface area (Å²) >= 11 is 1.43. The monoisotopic (exact) mass is 429 g/mol. The fourth-order valence-electron chi connectivity index (χ4n) is 4.00. The van der Waals surface area contributed by atoms with Gasteiger partial charge < -0.3 is 5.32 Å². The maximum Gasteiger partial charge on any atom is 0.261 e. The Morgan fingerprint density at radius 1 is 1.00 bits per heavy atom. The van der Waals surface area contributed by atoms with E-state index in [1.165, 1.54) is 16.2 Å². The molecule has 2 heterocycles. The molecule has 3 aromatic carbocycles. The first-order chi connectivity index (χ1) is 15.0. The molecule has 3 amide bonds. The highest BCUT2D eigenvalue weighted by atomic mass is 32.1. The summed E-state index contributed by atoms with van der Waals surface area (Å²) in [7, 11) is 0. The molecule has 0 atom stereocenters. The first-order valence-electron chi connectivity index (χ1n) is 10.1. The average Bonchev–Trinajstić information content (AvgIpc) is 3.18. The van der Waals surface area contributed by atoms with E-state index in [-0.39, 0.29) is 30.7 Å². The van der Waals surface area contributed by atoms with Crippen LogP contribution in [-0.2, 0) is 4.79 Å². The number of carbonyl (C=O) groups excluding carboxylic acids is 3. The zero-order valence-electron chi connectivity index (χ0n) is 16.8. The van der Waals surface area contributed by atoms with Crippen molar-refractivity contribution in [3.8, 4) is 0 Å². The van der Waals surface area contributed by atoms with Gasteiger partial charge in [-0.2, -0.15) is 0 Å². The highest BCUT2D eigenvalue weighted by molar-refractivity contribution is 7.22. The summed E-state index contributed by atoms with van der Waals surface area (Å²) in [5.74, 6) is -0.802. The number of hydrogen-bond acceptors (Lipinski definition) is 5. The van der Waals surface area contributed by atoms with Crippen LogP contribution < -0.4 is 5.32 Å². The van der Waals surface area contributed by atoms with E-state index in [0.29, 0.717) is 28.1 Å². The average molecular weight is 430 g/mol. The zero-order valence-corrected chi connectivity index (χ0v) is 17.7. The largest absolute Gasteiger partial charge is 0.302 e. The minimum absolute atomic E-state index is 0.184. The van der Waals surface area contributed by atoms with E-state index in [2.05, 4.69) is 10.3 Å². The van der Waals surface area contributed by atoms with Crippen LogP contribution in [0.25, 0.3) is 21.0 Å². The molecule has 1 aliphatic heterocycles. The van der Waals surface area contributed by atoms with Crippen LogP contribution >= 0.6 is 11.3 Å². The third-order valence-corrected chi connectivity index (χ3v) is 6.44. The number of carbonyl (C=O) groups is 3. The van der Waals surface area contributed by atoms with Crippen molar-refractivity contribution in [2.45, 2.75) is 19.8 Å². The number of anilines is 1. The van der Waals surface area contributed by atoms with Crippen LogP contribution in [0.2, 0.25) is 0 Å². The fraction of sp³-hybridized carbons (Fsp3) is 0.167. The molecule has 4 aromatic rings. The summed E-state index contributed by atoms with van der Waals surface area (Å²) in [6.45, 7) is 2.17. The lowest BCUT2D eigenvalue weighted by Gasteiger charge is -2.27. The molecule has 0 bridgehead atoms. The standard InChI is InChI=1S/C24H19N3O3S/c1-14-6-2-11-18-21(14)26-24(31-18)25-19(28)12-5-13-27-22(29)16-9-3-7-15-8-4-10-17(20(15)16)23(27)30/h2-4,6-11H,5,12-13H2,1H3,(H,25,26,28). The van der Waals surface area contributed by atoms with E-state index < -0.39 is 0 Å². The molecule has 0 saturated carbocycles. The Morgan fingerprint density at radius 2 is 1.68 bits per heavy atom. The van der Waals surface area contributed by atoms with Crippen LogP contribution in [0.3, 0.4) is 0 Å². The molecule has 0 unspecified atom stereocenters. The number of nitrogens with one attached hydrogen (secondary N) is 1. The summed E-state index contributed by atoms with van der Waals surface area (Å²) in [5, 5.41) is 4.97. The number of rotatable bonds is 5. The molecule has 154 valence electrons. The van der Waals surface area contributed by atoms with Gasteiger partial charge in [0.25, 0.3) is 11.8 Å². The topological polar surface area (TPSA) is 79.4 Å². The van der Waals surface area contributed by atoms with Crippen LogP contribution in [0.15, 0.2) is 54.6 Å². The first kappa shape index (κ1) is 19.4. The van der Waals surface area contributed by atoms with Gasteiger partial charge in [-0.15, -0.1) is 0 Å². The Bertz CT molecular complexity index is 1320. The van der Waals surface area contributed by atoms with Crippen LogP contribution in [-0.4, -0.2) is 34.2 Å². The van der Waals surface area contributed by atoms with Crippen molar-refractivity contribution >= 4 is 55.2 Å². The summed E-state index contributed by atoms with van der Waals surface area (Å²) in [5.41, 5.74) is 3.01. The van der Waals surface area contributed by atoms with E-state index >= 15 is 0 Å². The lowest BCUT2D eigenvalue weighted by molar-refractivity contribution is -0.116. The number of hydrogen-bond donors (Lipinski definition) is 1. The van der Waals surface area contributed by atoms with E-state index in [1.54, 1.807) is 12.1 Å². The third kappa shape index (κ3) is 3.37. The Hall–Kier alpha value is -3.58. The summed E-state index contributed by atoms with van der Waals surface area (Å²) in [6, 6.07) is 16.8. The molecule has 1 N–H and O–H groups in total. The molecule has 1 aliphatic rings. The lowest BCUT2D eigenvalue weighted by atomic mass is 9.94. The molecule has 6 nitrogen and oxygen atoms in total. The van der Waals surface area contributed by atoms with Gasteiger partial charge in [0, 0.05) is 29.5 Å². The number of imide groups is 1. The molecule has 0 aliphatic carbocycles. The highest BCUT2D eigenvalue weighted by Crippen LogP contribution is 2.30. The molecule has 5 rings (SSSR count). The van der Waals surface area contributed by atoms with Crippen molar-refractivity contribution < 1.29 is 14.4 Å². The molecular weight excluding hydrogens is 410 g/mol. The Balaban J connectivity index is 1.26. The molecule has 1 aromatic heterocycles. The maximum absolute atomic E-state index is 12.9. The van der Waals surface area contributed by atoms with Gasteiger partial charge in [-0.1, -0.05) is 47.7 Å². The van der Waals surface area contributed by atoms with E-state index in [1.807, 2.05) is 49.4 Å². The summed E-state index contributed by atoms with van der Waals surface area (Å²) < 4.78 is 1.02. The molecular formula is C24H19N3O3S. The number of fused-ring (bicyclic) bond motifs is 1. The number of nitrogens with zero attached hydrogens (tertiary/aromatic N) is 2. The first-order valence-corrected chi connectivity index (χ1v) is 10.9. The number of amides is 3. The second kappa shape index (κ2) is 7.59. The van der Waals surface area contributed by atoms with Crippen LogP contribution in [0.5, 0.6) is 0 Å². The van der Waals surface area contributed by atoms with Gasteiger partial charge in [-0.3, -0.25) is 19.3 Å². The number of thiazole rings is 1. The summed E-state index contributed by atoms with van der Waals surface area (Å²) in [6.07, 6.45) is 0.573. The van der Waals surface area contributed by atoms with Gasteiger partial charge in [-0.25, -0.2) is 4.98 Å². The van der Waals surface area contributed by atoms with Gasteiger partial charge in [0.1, 0.15) is 0 Å². The van der Waals surface area contributed by atoms with Gasteiger partial charge in [0.2, 0.25) is 5.91 Å². The van der Waals surface area contributed by atoms with Gasteiger partial charge >= 0.3 is 0 Å².